The number of aryl methyl sites for hydroxylation is 1. The highest BCUT2D eigenvalue weighted by Gasteiger charge is 2.13. The van der Waals surface area contributed by atoms with E-state index in [1.807, 2.05) is 11.7 Å². The summed E-state index contributed by atoms with van der Waals surface area (Å²) < 4.78 is 1.86. The number of aromatic nitrogens is 2. The molecule has 0 spiro atoms. The Labute approximate surface area is 95.2 Å². The van der Waals surface area contributed by atoms with E-state index in [2.05, 4.69) is 15.3 Å². The molecule has 1 saturated heterocycles. The normalized spacial score (nSPS) is 19.1. The Kier molecular flexibility index (Phi) is 3.61. The lowest BCUT2D eigenvalue weighted by molar-refractivity contribution is 0.277. The van der Waals surface area contributed by atoms with Crippen LogP contribution in [0.25, 0.3) is 0 Å². The molecule has 1 aromatic heterocycles. The average Bonchev–Trinajstić information content (AvgIpc) is 2.49. The van der Waals surface area contributed by atoms with Crippen molar-refractivity contribution in [3.05, 3.63) is 16.9 Å². The van der Waals surface area contributed by atoms with Crippen molar-refractivity contribution in [1.29, 1.82) is 0 Å². The van der Waals surface area contributed by atoms with E-state index in [9.17, 15) is 0 Å². The Morgan fingerprint density at radius 3 is 3.07 bits per heavy atom. The lowest BCUT2D eigenvalue weighted by Gasteiger charge is -2.19. The molecule has 0 radical (unpaired) electrons. The molecular weight excluding hydrogens is 212 g/mol. The van der Waals surface area contributed by atoms with Crippen LogP contribution in [-0.4, -0.2) is 40.9 Å². The average molecular weight is 229 g/mol. The van der Waals surface area contributed by atoms with Crippen molar-refractivity contribution in [2.45, 2.75) is 13.0 Å². The van der Waals surface area contributed by atoms with Crippen LogP contribution in [0.4, 0.5) is 0 Å². The highest BCUT2D eigenvalue weighted by atomic mass is 35.5. The second-order valence-electron chi connectivity index (χ2n) is 3.94. The van der Waals surface area contributed by atoms with Gasteiger partial charge in [-0.25, -0.2) is 0 Å². The fraction of sp³-hybridized carbons (Fsp3) is 0.700. The van der Waals surface area contributed by atoms with Crippen molar-refractivity contribution in [3.63, 3.8) is 0 Å². The van der Waals surface area contributed by atoms with Gasteiger partial charge in [-0.15, -0.1) is 0 Å². The van der Waals surface area contributed by atoms with Crippen molar-refractivity contribution in [1.82, 2.24) is 20.0 Å². The smallest absolute Gasteiger partial charge is 0.0831 e. The zero-order valence-corrected chi connectivity index (χ0v) is 9.80. The van der Waals surface area contributed by atoms with Gasteiger partial charge < -0.3 is 5.32 Å². The number of nitrogens with one attached hydrogen (secondary N) is 1. The fourth-order valence-electron chi connectivity index (χ4n) is 1.89. The quantitative estimate of drug-likeness (QED) is 0.816. The molecule has 0 aromatic carbocycles. The molecule has 0 aliphatic carbocycles. The van der Waals surface area contributed by atoms with Crippen molar-refractivity contribution in [2.75, 3.05) is 26.2 Å². The number of rotatable bonds is 2. The molecule has 5 heteroatoms. The minimum Gasteiger partial charge on any atom is -0.315 e. The zero-order valence-electron chi connectivity index (χ0n) is 9.04. The highest BCUT2D eigenvalue weighted by Crippen LogP contribution is 2.16. The first-order valence-electron chi connectivity index (χ1n) is 5.37. The predicted molar refractivity (Wildman–Crippen MR) is 61.0 cm³/mol. The molecule has 1 aromatic rings. The molecule has 0 atom stereocenters. The van der Waals surface area contributed by atoms with Crippen LogP contribution >= 0.6 is 11.6 Å². The first-order chi connectivity index (χ1) is 7.27. The molecule has 1 fully saturated rings. The summed E-state index contributed by atoms with van der Waals surface area (Å²) in [7, 11) is 1.94. The Bertz CT molecular complexity index is 296. The van der Waals surface area contributed by atoms with Gasteiger partial charge in [-0.1, -0.05) is 11.6 Å². The van der Waals surface area contributed by atoms with Gasteiger partial charge in [0.1, 0.15) is 0 Å². The van der Waals surface area contributed by atoms with Gasteiger partial charge in [-0.2, -0.15) is 5.10 Å². The summed E-state index contributed by atoms with van der Waals surface area (Å²) in [5.41, 5.74) is 1.11. The molecule has 1 aliphatic heterocycles. The predicted octanol–water partition coefficient (Wildman–Crippen LogP) is 0.869. The monoisotopic (exact) mass is 228 g/mol. The second-order valence-corrected chi connectivity index (χ2v) is 4.35. The minimum atomic E-state index is 0.773. The van der Waals surface area contributed by atoms with Crippen molar-refractivity contribution in [3.8, 4) is 0 Å². The summed E-state index contributed by atoms with van der Waals surface area (Å²) >= 11 is 6.08. The van der Waals surface area contributed by atoms with E-state index >= 15 is 0 Å². The van der Waals surface area contributed by atoms with Crippen LogP contribution in [0, 0.1) is 0 Å². The van der Waals surface area contributed by atoms with Gasteiger partial charge in [-0.3, -0.25) is 9.58 Å². The maximum Gasteiger partial charge on any atom is 0.0831 e. The molecule has 0 bridgehead atoms. The van der Waals surface area contributed by atoms with Crippen LogP contribution in [0.2, 0.25) is 5.02 Å². The number of hydrogen-bond donors (Lipinski definition) is 1. The van der Waals surface area contributed by atoms with E-state index in [1.165, 1.54) is 6.42 Å². The largest absolute Gasteiger partial charge is 0.315 e. The van der Waals surface area contributed by atoms with E-state index in [4.69, 9.17) is 11.6 Å². The molecule has 0 saturated carbocycles. The summed E-state index contributed by atoms with van der Waals surface area (Å²) in [5.74, 6) is 0. The highest BCUT2D eigenvalue weighted by molar-refractivity contribution is 6.31. The number of halogens is 1. The minimum absolute atomic E-state index is 0.773. The molecule has 15 heavy (non-hydrogen) atoms. The molecule has 2 heterocycles. The zero-order chi connectivity index (χ0) is 10.7. The lowest BCUT2D eigenvalue weighted by Crippen LogP contribution is -2.28. The molecule has 0 amide bonds. The molecule has 1 aliphatic rings. The van der Waals surface area contributed by atoms with E-state index in [1.54, 1.807) is 6.20 Å². The molecule has 4 nitrogen and oxygen atoms in total. The molecule has 2 rings (SSSR count). The summed E-state index contributed by atoms with van der Waals surface area (Å²) in [5, 5.41) is 8.31. The van der Waals surface area contributed by atoms with E-state index < -0.39 is 0 Å². The Hall–Kier alpha value is -0.580. The molecule has 1 N–H and O–H groups in total. The van der Waals surface area contributed by atoms with Crippen LogP contribution in [0.5, 0.6) is 0 Å². The van der Waals surface area contributed by atoms with Crippen molar-refractivity contribution in [2.24, 2.45) is 7.05 Å². The Morgan fingerprint density at radius 1 is 1.47 bits per heavy atom. The Balaban J connectivity index is 2.00. The first kappa shape index (κ1) is 10.9. The third-order valence-corrected chi connectivity index (χ3v) is 3.13. The van der Waals surface area contributed by atoms with Gasteiger partial charge in [0, 0.05) is 26.7 Å². The summed E-state index contributed by atoms with van der Waals surface area (Å²) in [6, 6.07) is 0. The van der Waals surface area contributed by atoms with Crippen LogP contribution in [0.1, 0.15) is 12.1 Å². The SMILES string of the molecule is Cn1ncc(Cl)c1CN1CCCNCC1. The molecule has 84 valence electrons. The fourth-order valence-corrected chi connectivity index (χ4v) is 2.11. The van der Waals surface area contributed by atoms with Gasteiger partial charge in [0.25, 0.3) is 0 Å². The summed E-state index contributed by atoms with van der Waals surface area (Å²) in [4.78, 5) is 2.42. The maximum atomic E-state index is 6.08. The first-order valence-corrected chi connectivity index (χ1v) is 5.74. The van der Waals surface area contributed by atoms with E-state index in [-0.39, 0.29) is 0 Å². The number of nitrogens with zero attached hydrogens (tertiary/aromatic N) is 3. The molecular formula is C10H17ClN4. The summed E-state index contributed by atoms with van der Waals surface area (Å²) in [6.45, 7) is 5.30. The van der Waals surface area contributed by atoms with Crippen molar-refractivity contribution >= 4 is 11.6 Å². The van der Waals surface area contributed by atoms with Gasteiger partial charge >= 0.3 is 0 Å². The standard InChI is InChI=1S/C10H17ClN4/c1-14-10(9(11)7-13-14)8-15-5-2-3-12-4-6-15/h7,12H,2-6,8H2,1H3. The van der Waals surface area contributed by atoms with Gasteiger partial charge in [0.05, 0.1) is 16.9 Å². The number of hydrogen-bond acceptors (Lipinski definition) is 3. The third-order valence-electron chi connectivity index (χ3n) is 2.82. The third kappa shape index (κ3) is 2.71. The second kappa shape index (κ2) is 4.96. The van der Waals surface area contributed by atoms with E-state index in [0.717, 1.165) is 43.4 Å². The van der Waals surface area contributed by atoms with Crippen LogP contribution in [-0.2, 0) is 13.6 Å². The van der Waals surface area contributed by atoms with Crippen LogP contribution in [0.15, 0.2) is 6.20 Å². The maximum absolute atomic E-state index is 6.08. The lowest BCUT2D eigenvalue weighted by atomic mass is 10.3. The van der Waals surface area contributed by atoms with E-state index in [0.29, 0.717) is 0 Å². The van der Waals surface area contributed by atoms with Gasteiger partial charge in [-0.05, 0) is 19.5 Å². The van der Waals surface area contributed by atoms with Crippen LogP contribution in [0.3, 0.4) is 0 Å². The van der Waals surface area contributed by atoms with Gasteiger partial charge in [0.15, 0.2) is 0 Å². The summed E-state index contributed by atoms with van der Waals surface area (Å²) in [6.07, 6.45) is 2.92. The Morgan fingerprint density at radius 2 is 2.33 bits per heavy atom. The topological polar surface area (TPSA) is 33.1 Å². The molecule has 0 unspecified atom stereocenters. The van der Waals surface area contributed by atoms with Crippen molar-refractivity contribution < 1.29 is 0 Å². The van der Waals surface area contributed by atoms with Crippen LogP contribution < -0.4 is 5.32 Å². The van der Waals surface area contributed by atoms with Gasteiger partial charge in [0.2, 0.25) is 0 Å².